The first-order valence-electron chi connectivity index (χ1n) is 9.05. The number of hydrogen-bond donors (Lipinski definition) is 4. The first-order chi connectivity index (χ1) is 14.4. The maximum Gasteiger partial charge on any atom is 0.416 e. The molecule has 4 N–H and O–H groups in total. The third kappa shape index (κ3) is 4.43. The van der Waals surface area contributed by atoms with Gasteiger partial charge >= 0.3 is 6.18 Å². The fourth-order valence-corrected chi connectivity index (χ4v) is 2.89. The molecule has 0 spiro atoms. The number of imidazole rings is 1. The van der Waals surface area contributed by atoms with E-state index in [4.69, 9.17) is 0 Å². The van der Waals surface area contributed by atoms with Gasteiger partial charge in [0.2, 0.25) is 5.95 Å². The minimum absolute atomic E-state index is 0.217. The second-order valence-electron chi connectivity index (χ2n) is 6.55. The van der Waals surface area contributed by atoms with E-state index >= 15 is 0 Å². The molecule has 0 amide bonds. The SMILES string of the molecule is Oc1ccc(CCNc2ncnc3nc(Nc4ccc(C(F)(F)F)cc4)[nH]c23)cc1. The molecule has 0 radical (unpaired) electrons. The fraction of sp³-hybridized carbons (Fsp3) is 0.150. The lowest BCUT2D eigenvalue weighted by atomic mass is 10.1. The minimum atomic E-state index is -4.38. The number of hydrogen-bond acceptors (Lipinski definition) is 6. The molecule has 2 aromatic heterocycles. The van der Waals surface area contributed by atoms with E-state index in [0.717, 1.165) is 24.1 Å². The highest BCUT2D eigenvalue weighted by Gasteiger charge is 2.29. The van der Waals surface area contributed by atoms with Crippen molar-refractivity contribution in [3.8, 4) is 5.75 Å². The Bertz CT molecular complexity index is 1140. The smallest absolute Gasteiger partial charge is 0.416 e. The molecule has 0 saturated heterocycles. The molecule has 4 aromatic rings. The van der Waals surface area contributed by atoms with Crippen LogP contribution < -0.4 is 10.6 Å². The number of phenols is 1. The van der Waals surface area contributed by atoms with Gasteiger partial charge < -0.3 is 20.7 Å². The molecule has 0 unspecified atom stereocenters. The van der Waals surface area contributed by atoms with Crippen LogP contribution in [0, 0.1) is 0 Å². The molecular formula is C20H17F3N6O. The molecule has 30 heavy (non-hydrogen) atoms. The number of nitrogens with zero attached hydrogens (tertiary/aromatic N) is 3. The van der Waals surface area contributed by atoms with Gasteiger partial charge in [-0.2, -0.15) is 18.2 Å². The Kier molecular flexibility index (Phi) is 5.13. The van der Waals surface area contributed by atoms with E-state index in [1.54, 1.807) is 12.1 Å². The highest BCUT2D eigenvalue weighted by atomic mass is 19.4. The zero-order valence-electron chi connectivity index (χ0n) is 15.5. The third-order valence-electron chi connectivity index (χ3n) is 4.41. The minimum Gasteiger partial charge on any atom is -0.508 e. The molecule has 7 nitrogen and oxygen atoms in total. The van der Waals surface area contributed by atoms with Crippen molar-refractivity contribution < 1.29 is 18.3 Å². The van der Waals surface area contributed by atoms with Gasteiger partial charge in [-0.3, -0.25) is 0 Å². The van der Waals surface area contributed by atoms with Crippen LogP contribution in [0.5, 0.6) is 5.75 Å². The lowest BCUT2D eigenvalue weighted by molar-refractivity contribution is -0.137. The quantitative estimate of drug-likeness (QED) is 0.371. The standard InChI is InChI=1S/C20H17F3N6O/c21-20(22,23)13-3-5-14(6-4-13)27-19-28-16-17(25-11-26-18(16)29-19)24-10-9-12-1-7-15(30)8-2-12/h1-8,11,30H,9-10H2,(H3,24,25,26,27,28,29). The lowest BCUT2D eigenvalue weighted by Crippen LogP contribution is -2.07. The molecule has 0 aliphatic heterocycles. The van der Waals surface area contributed by atoms with Gasteiger partial charge in [-0.05, 0) is 48.4 Å². The number of nitrogens with one attached hydrogen (secondary N) is 3. The Morgan fingerprint density at radius 2 is 1.70 bits per heavy atom. The van der Waals surface area contributed by atoms with Gasteiger partial charge in [0.15, 0.2) is 11.5 Å². The topological polar surface area (TPSA) is 98.8 Å². The summed E-state index contributed by atoms with van der Waals surface area (Å²) in [6, 6.07) is 11.6. The van der Waals surface area contributed by atoms with Crippen molar-refractivity contribution in [1.29, 1.82) is 0 Å². The third-order valence-corrected chi connectivity index (χ3v) is 4.41. The summed E-state index contributed by atoms with van der Waals surface area (Å²) in [6.45, 7) is 0.595. The molecule has 10 heteroatoms. The number of halogens is 3. The van der Waals surface area contributed by atoms with Crippen molar-refractivity contribution in [1.82, 2.24) is 19.9 Å². The predicted molar refractivity (Wildman–Crippen MR) is 107 cm³/mol. The van der Waals surface area contributed by atoms with Crippen LogP contribution in [0.15, 0.2) is 54.9 Å². The van der Waals surface area contributed by atoms with Crippen molar-refractivity contribution in [2.45, 2.75) is 12.6 Å². The Morgan fingerprint density at radius 1 is 0.967 bits per heavy atom. The maximum atomic E-state index is 12.7. The van der Waals surface area contributed by atoms with Crippen LogP contribution in [-0.2, 0) is 12.6 Å². The van der Waals surface area contributed by atoms with E-state index < -0.39 is 11.7 Å². The number of phenolic OH excluding ortho intramolecular Hbond substituents is 1. The molecule has 0 aliphatic carbocycles. The number of aromatic nitrogens is 4. The summed E-state index contributed by atoms with van der Waals surface area (Å²) in [5, 5.41) is 15.5. The summed E-state index contributed by atoms with van der Waals surface area (Å²) in [7, 11) is 0. The van der Waals surface area contributed by atoms with E-state index in [0.29, 0.717) is 35.2 Å². The lowest BCUT2D eigenvalue weighted by Gasteiger charge is -2.08. The number of aromatic hydroxyl groups is 1. The average molecular weight is 414 g/mol. The number of fused-ring (bicyclic) bond motifs is 1. The molecule has 0 saturated carbocycles. The molecule has 0 bridgehead atoms. The van der Waals surface area contributed by atoms with Crippen molar-refractivity contribution >= 4 is 28.6 Å². The molecule has 2 aromatic carbocycles. The van der Waals surface area contributed by atoms with E-state index in [1.165, 1.54) is 18.5 Å². The normalized spacial score (nSPS) is 11.6. The monoisotopic (exact) mass is 414 g/mol. The molecule has 0 fully saturated rings. The summed E-state index contributed by atoms with van der Waals surface area (Å²) in [5.74, 6) is 1.12. The van der Waals surface area contributed by atoms with Crippen molar-refractivity contribution in [3.63, 3.8) is 0 Å². The van der Waals surface area contributed by atoms with E-state index in [9.17, 15) is 18.3 Å². The van der Waals surface area contributed by atoms with Gasteiger partial charge in [-0.25, -0.2) is 9.97 Å². The number of H-pyrrole nitrogens is 1. The van der Waals surface area contributed by atoms with Gasteiger partial charge in [0.1, 0.15) is 17.6 Å². The number of alkyl halides is 3. The largest absolute Gasteiger partial charge is 0.508 e. The first-order valence-corrected chi connectivity index (χ1v) is 9.05. The van der Waals surface area contributed by atoms with Crippen LogP contribution in [0.4, 0.5) is 30.6 Å². The maximum absolute atomic E-state index is 12.7. The molecule has 0 atom stereocenters. The number of rotatable bonds is 6. The Hall–Kier alpha value is -3.82. The highest BCUT2D eigenvalue weighted by Crippen LogP contribution is 2.30. The van der Waals surface area contributed by atoms with Crippen molar-refractivity contribution in [3.05, 3.63) is 66.0 Å². The van der Waals surface area contributed by atoms with Crippen LogP contribution in [0.2, 0.25) is 0 Å². The van der Waals surface area contributed by atoms with Gasteiger partial charge in [-0.15, -0.1) is 0 Å². The van der Waals surface area contributed by atoms with Crippen molar-refractivity contribution in [2.75, 3.05) is 17.2 Å². The molecule has 0 aliphatic rings. The fourth-order valence-electron chi connectivity index (χ4n) is 2.89. The summed E-state index contributed by atoms with van der Waals surface area (Å²) in [6.07, 6.45) is -2.28. The second-order valence-corrected chi connectivity index (χ2v) is 6.55. The highest BCUT2D eigenvalue weighted by molar-refractivity contribution is 5.84. The number of anilines is 3. The van der Waals surface area contributed by atoms with Gasteiger partial charge in [0.25, 0.3) is 0 Å². The Morgan fingerprint density at radius 3 is 2.40 bits per heavy atom. The van der Waals surface area contributed by atoms with E-state index in [1.807, 2.05) is 12.1 Å². The van der Waals surface area contributed by atoms with Gasteiger partial charge in [-0.1, -0.05) is 12.1 Å². The van der Waals surface area contributed by atoms with E-state index in [2.05, 4.69) is 30.6 Å². The predicted octanol–water partition coefficient (Wildman–Crippen LogP) is 4.48. The summed E-state index contributed by atoms with van der Waals surface area (Å²) in [4.78, 5) is 15.7. The van der Waals surface area contributed by atoms with Crippen LogP contribution in [0.25, 0.3) is 11.2 Å². The molecular weight excluding hydrogens is 397 g/mol. The van der Waals surface area contributed by atoms with Crippen LogP contribution in [0.1, 0.15) is 11.1 Å². The first kappa shape index (κ1) is 19.5. The molecule has 2 heterocycles. The molecule has 4 rings (SSSR count). The van der Waals surface area contributed by atoms with Gasteiger partial charge in [0.05, 0.1) is 5.56 Å². The average Bonchev–Trinajstić information content (AvgIpc) is 3.12. The van der Waals surface area contributed by atoms with Crippen LogP contribution >= 0.6 is 0 Å². The Labute approximate surface area is 169 Å². The van der Waals surface area contributed by atoms with Crippen LogP contribution in [-0.4, -0.2) is 31.6 Å². The van der Waals surface area contributed by atoms with Gasteiger partial charge in [0, 0.05) is 12.2 Å². The molecule has 154 valence electrons. The van der Waals surface area contributed by atoms with Crippen molar-refractivity contribution in [2.24, 2.45) is 0 Å². The summed E-state index contributed by atoms with van der Waals surface area (Å²) >= 11 is 0. The van der Waals surface area contributed by atoms with Crippen LogP contribution in [0.3, 0.4) is 0 Å². The Balaban J connectivity index is 1.45. The second kappa shape index (κ2) is 7.90. The zero-order valence-corrected chi connectivity index (χ0v) is 15.5. The summed E-state index contributed by atoms with van der Waals surface area (Å²) < 4.78 is 38.1. The number of aromatic amines is 1. The number of benzene rings is 2. The summed E-state index contributed by atoms with van der Waals surface area (Å²) in [5.41, 5.74) is 1.80. The zero-order chi connectivity index (χ0) is 21.1. The van der Waals surface area contributed by atoms with E-state index in [-0.39, 0.29) is 5.75 Å².